The van der Waals surface area contributed by atoms with E-state index in [1.165, 1.54) is 76.8 Å². The summed E-state index contributed by atoms with van der Waals surface area (Å²) < 4.78 is 67.7. The third kappa shape index (κ3) is 24.4. The lowest BCUT2D eigenvalue weighted by molar-refractivity contribution is -0.0726. The summed E-state index contributed by atoms with van der Waals surface area (Å²) in [6.45, 7) is 20.1. The quantitative estimate of drug-likeness (QED) is 0.0338. The number of aryl methyl sites for hydroxylation is 2. The Morgan fingerprint density at radius 1 is 0.478 bits per heavy atom. The van der Waals surface area contributed by atoms with Gasteiger partial charge in [-0.25, -0.2) is 36.8 Å². The molecule has 12 atom stereocenters. The standard InChI is InChI=1S/C29H31FN4O.C29H37N3O2.C29H32N2O3S.C28H34FN3O2/c1-35-20-28-29(25-12-9-22(10-13-25)8-11-24-6-2-3-7-26(24)30)27-19-33(14-4-5-15-34(27)28)18-23-16-31-21-32-17-23;33-21-27-28(24-16-14-23(15-17-24)13-12-22-8-2-1-3-9-22)26-20-31(18-6-7-19-32(26)27)29(34)30-25-10-4-5-11-25;1-21-8-7-10-25(18-21)23-12-14-24(15-13-23)29-26-19-30(16-5-6-17-31(26)27(29)20-32)35(33,34)28-11-4-3-9-22(28)2;1-20(2)30-28(33)31-16-6-7-17-32-25(18-31)27(26(32)19-34-3)23-14-11-21(12-15-23)10-13-22-8-4-5-9-24(22)29/h2-3,6-7,9-10,12-13,16-17,21,27-29H,4-5,14-15,18-20H2,1H3;1-3,8-9,12-17,25-28,33H,4-7,10-11,18-21H2,(H,30,34);3-15,18,26-27,29,32H,16-17,19-20H2,1-2H3;4-5,8-9,11-12,14-15,20,25-27H,6-7,16-19H2,1-3H3,(H,30,33)/b;13-12+;6-5-;/t27-,28-,29-;26-,27-,28+;26?,27-,29+;25-,26-,27+/m0010/s1. The van der Waals surface area contributed by atoms with Gasteiger partial charge >= 0.3 is 12.1 Å². The Morgan fingerprint density at radius 3 is 1.48 bits per heavy atom. The Hall–Kier alpha value is -11.4. The number of hydrogen-bond donors (Lipinski definition) is 4. The fourth-order valence-electron chi connectivity index (χ4n) is 22.2. The summed E-state index contributed by atoms with van der Waals surface area (Å²) in [5.74, 6) is 12.4. The summed E-state index contributed by atoms with van der Waals surface area (Å²) in [5.41, 5.74) is 15.3. The van der Waals surface area contributed by atoms with Crippen molar-refractivity contribution in [2.24, 2.45) is 0 Å². The summed E-state index contributed by atoms with van der Waals surface area (Å²) in [5, 5.41) is 26.8. The zero-order chi connectivity index (χ0) is 96.0. The molecule has 4 amide bonds. The lowest BCUT2D eigenvalue weighted by Gasteiger charge is -2.57. The number of urea groups is 2. The van der Waals surface area contributed by atoms with Crippen LogP contribution in [-0.2, 0) is 26.0 Å². The average molecular weight is 1880 g/mol. The van der Waals surface area contributed by atoms with Gasteiger partial charge in [0.25, 0.3) is 0 Å². The number of fused-ring (bicyclic) bond motifs is 4. The Kier molecular flexibility index (Phi) is 34.6. The van der Waals surface area contributed by atoms with Crippen LogP contribution in [0.1, 0.15) is 174 Å². The van der Waals surface area contributed by atoms with Crippen LogP contribution in [0.4, 0.5) is 18.4 Å². The van der Waals surface area contributed by atoms with Crippen LogP contribution in [0.3, 0.4) is 0 Å². The number of aromatic nitrogens is 2. The van der Waals surface area contributed by atoms with Gasteiger partial charge in [-0.15, -0.1) is 0 Å². The topological polar surface area (TPSA) is 203 Å². The van der Waals surface area contributed by atoms with Crippen molar-refractivity contribution >= 4 is 34.2 Å². The van der Waals surface area contributed by atoms with Crippen LogP contribution in [-0.4, -0.2) is 259 Å². The molecule has 0 spiro atoms. The maximum atomic E-state index is 13.9. The van der Waals surface area contributed by atoms with Crippen LogP contribution < -0.4 is 10.6 Å². The summed E-state index contributed by atoms with van der Waals surface area (Å²) in [7, 11) is -0.101. The Morgan fingerprint density at radius 2 is 0.942 bits per heavy atom. The first kappa shape index (κ1) is 99.6. The molecule has 0 radical (unpaired) electrons. The van der Waals surface area contributed by atoms with Crippen LogP contribution in [0.2, 0.25) is 0 Å². The molecule has 23 heteroatoms. The fraction of sp³-hybridized carbons (Fsp3) is 0.409. The molecular weight excluding hydrogens is 1750 g/mol. The number of benzene rings is 9. The molecule has 1 unspecified atom stereocenters. The van der Waals surface area contributed by atoms with E-state index in [-0.39, 0.29) is 90.9 Å². The lowest BCUT2D eigenvalue weighted by atomic mass is 9.74. The van der Waals surface area contributed by atoms with Crippen molar-refractivity contribution in [1.82, 2.24) is 59.2 Å². The minimum atomic E-state index is -3.64. The summed E-state index contributed by atoms with van der Waals surface area (Å²) >= 11 is 0. The highest BCUT2D eigenvalue weighted by Gasteiger charge is 2.54. The van der Waals surface area contributed by atoms with Crippen molar-refractivity contribution in [2.45, 2.75) is 187 Å². The van der Waals surface area contributed by atoms with Crippen LogP contribution in [0.5, 0.6) is 0 Å². The van der Waals surface area contributed by atoms with E-state index < -0.39 is 10.0 Å². The lowest BCUT2D eigenvalue weighted by Crippen LogP contribution is -2.68. The monoisotopic (exact) mass is 1880 g/mol. The molecule has 8 fully saturated rings. The van der Waals surface area contributed by atoms with E-state index in [4.69, 9.17) is 9.47 Å². The van der Waals surface area contributed by atoms with E-state index in [1.807, 2.05) is 97.6 Å². The minimum absolute atomic E-state index is 0.000660. The molecule has 1 aliphatic carbocycles. The number of hydrogen-bond acceptors (Lipinski definition) is 15. The number of nitrogens with one attached hydrogen (secondary N) is 2. The maximum Gasteiger partial charge on any atom is 0.317 e. The predicted octanol–water partition coefficient (Wildman–Crippen LogP) is 17.4. The van der Waals surface area contributed by atoms with E-state index in [0.717, 1.165) is 137 Å². The summed E-state index contributed by atoms with van der Waals surface area (Å²) in [6, 6.07) is 75.4. The minimum Gasteiger partial charge on any atom is -0.395 e. The third-order valence-corrected chi connectivity index (χ3v) is 31.2. The van der Waals surface area contributed by atoms with Crippen molar-refractivity contribution < 1.29 is 46.5 Å². The van der Waals surface area contributed by atoms with Gasteiger partial charge in [-0.1, -0.05) is 236 Å². The molecule has 1 aromatic heterocycles. The Bertz CT molecular complexity index is 5970. The number of halogens is 2. The molecule has 10 aromatic rings. The predicted molar refractivity (Wildman–Crippen MR) is 544 cm³/mol. The van der Waals surface area contributed by atoms with Gasteiger partial charge in [-0.05, 0) is 210 Å². The van der Waals surface area contributed by atoms with E-state index in [9.17, 15) is 37.0 Å². The molecule has 19 rings (SSSR count). The first-order valence-corrected chi connectivity index (χ1v) is 51.0. The first-order valence-electron chi connectivity index (χ1n) is 49.6. The normalized spacial score (nSPS) is 23.9. The number of rotatable bonds is 19. The second kappa shape index (κ2) is 48.0. The van der Waals surface area contributed by atoms with Gasteiger partial charge < -0.3 is 40.1 Å². The van der Waals surface area contributed by atoms with Gasteiger partial charge in [0.05, 0.1) is 42.4 Å². The Balaban J connectivity index is 0.000000133. The number of amides is 4. The van der Waals surface area contributed by atoms with Gasteiger partial charge in [-0.2, -0.15) is 4.31 Å². The van der Waals surface area contributed by atoms with Crippen molar-refractivity contribution in [2.75, 3.05) is 119 Å². The Labute approximate surface area is 815 Å². The van der Waals surface area contributed by atoms with Gasteiger partial charge in [0.2, 0.25) is 10.0 Å². The molecule has 9 heterocycles. The van der Waals surface area contributed by atoms with Crippen LogP contribution >= 0.6 is 0 Å². The molecule has 138 heavy (non-hydrogen) atoms. The molecular formula is C115H134F2N12O8S. The second-order valence-electron chi connectivity index (χ2n) is 38.5. The number of methoxy groups -OCH3 is 2. The number of aliphatic hydroxyl groups is 2. The molecule has 0 bridgehead atoms. The van der Waals surface area contributed by atoms with Crippen molar-refractivity contribution in [3.8, 4) is 34.8 Å². The van der Waals surface area contributed by atoms with Crippen LogP contribution in [0.15, 0.2) is 260 Å². The zero-order valence-electron chi connectivity index (χ0n) is 80.6. The summed E-state index contributed by atoms with van der Waals surface area (Å²) in [6.07, 6.45) is 24.8. The average Bonchev–Trinajstić information content (AvgIpc) is 1.14. The number of carbonyl (C=O) groups excluding carboxylic acids is 2. The van der Waals surface area contributed by atoms with Crippen molar-refractivity contribution in [3.63, 3.8) is 0 Å². The highest BCUT2D eigenvalue weighted by molar-refractivity contribution is 7.89. The van der Waals surface area contributed by atoms with E-state index in [0.29, 0.717) is 78.9 Å². The smallest absolute Gasteiger partial charge is 0.317 e. The maximum absolute atomic E-state index is 13.9. The molecule has 7 saturated heterocycles. The van der Waals surface area contributed by atoms with E-state index in [2.05, 4.69) is 209 Å². The van der Waals surface area contributed by atoms with Crippen molar-refractivity contribution in [3.05, 3.63) is 339 Å². The largest absolute Gasteiger partial charge is 0.395 e. The molecule has 8 aliphatic heterocycles. The second-order valence-corrected chi connectivity index (χ2v) is 40.4. The highest BCUT2D eigenvalue weighted by Crippen LogP contribution is 2.47. The summed E-state index contributed by atoms with van der Waals surface area (Å²) in [4.78, 5) is 50.9. The van der Waals surface area contributed by atoms with Crippen LogP contribution in [0.25, 0.3) is 23.3 Å². The molecule has 20 nitrogen and oxygen atoms in total. The number of carbonyl (C=O) groups is 2. The first-order chi connectivity index (χ1) is 67.3. The van der Waals surface area contributed by atoms with Gasteiger partial charge in [0, 0.05) is 186 Å². The SMILES string of the molecule is COC[C@H]1[C@@H](c2ccc(C#Cc3ccccc3F)cc2)[C@@H]2CN(Cc3cncnc3)CCCCN12.COC[C@H]1[C@H](c2ccc(C#Cc3ccccc3F)cc2)[C@@H]2CN(C(=O)NC(C)C)CCCCN12.Cc1cccc(-c2ccc([C@H]3C4CN(S(=O)(=O)c5ccccc5C)C/C=C\CN4[C@@H]3CO)cc2)c1.O=C(NC1CCCC1)N1CCCCN2[C@@H](CO)[C@H](c3ccc(/C=C/c4ccccc4)cc3)[C@@H]2C1. The third-order valence-electron chi connectivity index (χ3n) is 29.2. The fourth-order valence-corrected chi connectivity index (χ4v) is 23.8. The number of ether oxygens (including phenoxy) is 2. The highest BCUT2D eigenvalue weighted by atomic mass is 32.2. The van der Waals surface area contributed by atoms with Gasteiger partial charge in [0.15, 0.2) is 0 Å². The number of sulfonamides is 1. The van der Waals surface area contributed by atoms with Gasteiger partial charge in [-0.3, -0.25) is 24.5 Å². The van der Waals surface area contributed by atoms with Gasteiger partial charge in [0.1, 0.15) is 18.0 Å². The molecule has 9 aromatic carbocycles. The van der Waals surface area contributed by atoms with Crippen molar-refractivity contribution in [1.29, 1.82) is 0 Å². The zero-order valence-corrected chi connectivity index (χ0v) is 81.4. The number of nitrogens with zero attached hydrogens (tertiary/aromatic N) is 10. The van der Waals surface area contributed by atoms with E-state index >= 15 is 0 Å². The molecule has 1 saturated carbocycles. The number of aliphatic hydroxyl groups excluding tert-OH is 2. The molecule has 722 valence electrons. The molecule has 9 aliphatic rings. The van der Waals surface area contributed by atoms with E-state index in [1.54, 1.807) is 73.4 Å². The van der Waals surface area contributed by atoms with Crippen LogP contribution in [0, 0.1) is 49.2 Å². The molecule has 4 N–H and O–H groups in total.